The minimum absolute atomic E-state index is 0.446. The van der Waals surface area contributed by atoms with Crippen LogP contribution in [0.3, 0.4) is 0 Å². The van der Waals surface area contributed by atoms with Crippen molar-refractivity contribution in [2.75, 3.05) is 19.6 Å². The number of hydrogen-bond acceptors (Lipinski definition) is 3. The summed E-state index contributed by atoms with van der Waals surface area (Å²) >= 11 is 0. The first-order valence-corrected chi connectivity index (χ1v) is 6.48. The van der Waals surface area contributed by atoms with Gasteiger partial charge in [-0.05, 0) is 52.1 Å². The fourth-order valence-electron chi connectivity index (χ4n) is 2.98. The molecule has 2 fully saturated rings. The van der Waals surface area contributed by atoms with Gasteiger partial charge in [0.15, 0.2) is 0 Å². The van der Waals surface area contributed by atoms with E-state index >= 15 is 0 Å². The molecular formula is C12H25N3. The molecule has 0 aromatic carbocycles. The molecule has 0 radical (unpaired) electrons. The summed E-state index contributed by atoms with van der Waals surface area (Å²) in [5.74, 6) is 0. The molecule has 1 heterocycles. The van der Waals surface area contributed by atoms with Gasteiger partial charge < -0.3 is 16.0 Å². The Balaban J connectivity index is 1.65. The Hall–Kier alpha value is -0.120. The van der Waals surface area contributed by atoms with Crippen molar-refractivity contribution in [1.29, 1.82) is 0 Å². The highest BCUT2D eigenvalue weighted by atomic mass is 15.2. The summed E-state index contributed by atoms with van der Waals surface area (Å²) in [5.41, 5.74) is 5.91. The Morgan fingerprint density at radius 2 is 2.07 bits per heavy atom. The van der Waals surface area contributed by atoms with Gasteiger partial charge in [0, 0.05) is 24.7 Å². The van der Waals surface area contributed by atoms with Gasteiger partial charge in [0.05, 0.1) is 0 Å². The molecular weight excluding hydrogens is 186 g/mol. The highest BCUT2D eigenvalue weighted by Gasteiger charge is 2.23. The molecule has 3 heteroatoms. The molecule has 3 atom stereocenters. The monoisotopic (exact) mass is 211 g/mol. The van der Waals surface area contributed by atoms with E-state index in [1.807, 2.05) is 0 Å². The first kappa shape index (κ1) is 11.4. The zero-order chi connectivity index (χ0) is 10.7. The topological polar surface area (TPSA) is 41.3 Å². The SMILES string of the molecule is CC(CN1CCCC1)NC1CCC(N)C1. The third-order valence-corrected chi connectivity index (χ3v) is 3.72. The minimum Gasteiger partial charge on any atom is -0.328 e. The Bertz CT molecular complexity index is 189. The van der Waals surface area contributed by atoms with Crippen molar-refractivity contribution >= 4 is 0 Å². The lowest BCUT2D eigenvalue weighted by Crippen LogP contribution is -2.42. The van der Waals surface area contributed by atoms with E-state index in [0.717, 1.165) is 0 Å². The number of nitrogens with one attached hydrogen (secondary N) is 1. The third-order valence-electron chi connectivity index (χ3n) is 3.72. The minimum atomic E-state index is 0.446. The van der Waals surface area contributed by atoms with Crippen LogP contribution in [0.15, 0.2) is 0 Å². The molecule has 88 valence electrons. The van der Waals surface area contributed by atoms with Gasteiger partial charge in [0.25, 0.3) is 0 Å². The van der Waals surface area contributed by atoms with Crippen LogP contribution in [0.5, 0.6) is 0 Å². The van der Waals surface area contributed by atoms with Crippen molar-refractivity contribution in [1.82, 2.24) is 10.2 Å². The highest BCUT2D eigenvalue weighted by molar-refractivity contribution is 4.85. The first-order chi connectivity index (χ1) is 7.24. The molecule has 1 aliphatic carbocycles. The van der Waals surface area contributed by atoms with Crippen LogP contribution in [0, 0.1) is 0 Å². The van der Waals surface area contributed by atoms with Gasteiger partial charge in [-0.1, -0.05) is 0 Å². The van der Waals surface area contributed by atoms with Gasteiger partial charge in [0.2, 0.25) is 0 Å². The lowest BCUT2D eigenvalue weighted by molar-refractivity contribution is 0.285. The zero-order valence-electron chi connectivity index (χ0n) is 9.91. The molecule has 0 aromatic rings. The molecule has 1 saturated heterocycles. The number of nitrogens with two attached hydrogens (primary N) is 1. The van der Waals surface area contributed by atoms with E-state index in [2.05, 4.69) is 17.1 Å². The molecule has 2 rings (SSSR count). The summed E-state index contributed by atoms with van der Waals surface area (Å²) in [5, 5.41) is 3.71. The van der Waals surface area contributed by atoms with E-state index < -0.39 is 0 Å². The van der Waals surface area contributed by atoms with E-state index in [1.165, 1.54) is 51.7 Å². The van der Waals surface area contributed by atoms with E-state index in [9.17, 15) is 0 Å². The average Bonchev–Trinajstić information content (AvgIpc) is 2.77. The van der Waals surface area contributed by atoms with Crippen LogP contribution in [0.4, 0.5) is 0 Å². The Morgan fingerprint density at radius 1 is 1.33 bits per heavy atom. The van der Waals surface area contributed by atoms with Crippen molar-refractivity contribution in [3.8, 4) is 0 Å². The second-order valence-electron chi connectivity index (χ2n) is 5.35. The summed E-state index contributed by atoms with van der Waals surface area (Å²) in [6.07, 6.45) is 6.42. The van der Waals surface area contributed by atoms with Gasteiger partial charge in [-0.25, -0.2) is 0 Å². The predicted molar refractivity (Wildman–Crippen MR) is 63.9 cm³/mol. The number of likely N-dealkylation sites (tertiary alicyclic amines) is 1. The van der Waals surface area contributed by atoms with Gasteiger partial charge in [-0.2, -0.15) is 0 Å². The zero-order valence-corrected chi connectivity index (χ0v) is 9.91. The smallest absolute Gasteiger partial charge is 0.0169 e. The fraction of sp³-hybridized carbons (Fsp3) is 1.00. The second-order valence-corrected chi connectivity index (χ2v) is 5.35. The average molecular weight is 211 g/mol. The van der Waals surface area contributed by atoms with E-state index in [-0.39, 0.29) is 0 Å². The van der Waals surface area contributed by atoms with Crippen LogP contribution in [0.1, 0.15) is 39.0 Å². The normalized spacial score (nSPS) is 34.8. The maximum Gasteiger partial charge on any atom is 0.0169 e. The van der Waals surface area contributed by atoms with E-state index in [1.54, 1.807) is 0 Å². The predicted octanol–water partition coefficient (Wildman–Crippen LogP) is 0.940. The Morgan fingerprint density at radius 3 is 2.67 bits per heavy atom. The van der Waals surface area contributed by atoms with Gasteiger partial charge in [-0.15, -0.1) is 0 Å². The quantitative estimate of drug-likeness (QED) is 0.727. The van der Waals surface area contributed by atoms with Crippen molar-refractivity contribution in [2.24, 2.45) is 5.73 Å². The van der Waals surface area contributed by atoms with Crippen LogP contribution >= 0.6 is 0 Å². The van der Waals surface area contributed by atoms with E-state index in [4.69, 9.17) is 5.73 Å². The lowest BCUT2D eigenvalue weighted by atomic mass is 10.2. The van der Waals surface area contributed by atoms with E-state index in [0.29, 0.717) is 18.1 Å². The van der Waals surface area contributed by atoms with Crippen LogP contribution in [-0.4, -0.2) is 42.7 Å². The van der Waals surface area contributed by atoms with Crippen LogP contribution < -0.4 is 11.1 Å². The lowest BCUT2D eigenvalue weighted by Gasteiger charge is -2.24. The van der Waals surface area contributed by atoms with Crippen molar-refractivity contribution in [2.45, 2.75) is 57.2 Å². The molecule has 3 N–H and O–H groups in total. The summed E-state index contributed by atoms with van der Waals surface area (Å²) < 4.78 is 0. The first-order valence-electron chi connectivity index (χ1n) is 6.48. The van der Waals surface area contributed by atoms with Crippen LogP contribution in [0.2, 0.25) is 0 Å². The highest BCUT2D eigenvalue weighted by Crippen LogP contribution is 2.18. The number of nitrogens with zero attached hydrogens (tertiary/aromatic N) is 1. The molecule has 15 heavy (non-hydrogen) atoms. The molecule has 0 bridgehead atoms. The molecule has 3 unspecified atom stereocenters. The molecule has 2 aliphatic rings. The molecule has 0 amide bonds. The van der Waals surface area contributed by atoms with Crippen LogP contribution in [0.25, 0.3) is 0 Å². The summed E-state index contributed by atoms with van der Waals surface area (Å²) in [4.78, 5) is 2.58. The third kappa shape index (κ3) is 3.44. The Labute approximate surface area is 93.4 Å². The number of rotatable bonds is 4. The maximum atomic E-state index is 5.91. The summed E-state index contributed by atoms with van der Waals surface area (Å²) in [6, 6.07) is 1.75. The van der Waals surface area contributed by atoms with Crippen molar-refractivity contribution < 1.29 is 0 Å². The van der Waals surface area contributed by atoms with Crippen LogP contribution in [-0.2, 0) is 0 Å². The summed E-state index contributed by atoms with van der Waals surface area (Å²) in [6.45, 7) is 6.13. The summed E-state index contributed by atoms with van der Waals surface area (Å²) in [7, 11) is 0. The van der Waals surface area contributed by atoms with Gasteiger partial charge in [0.1, 0.15) is 0 Å². The fourth-order valence-corrected chi connectivity index (χ4v) is 2.98. The van der Waals surface area contributed by atoms with Crippen molar-refractivity contribution in [3.63, 3.8) is 0 Å². The molecule has 1 aliphatic heterocycles. The standard InChI is InChI=1S/C12H25N3/c1-10(9-15-6-2-3-7-15)14-12-5-4-11(13)8-12/h10-12,14H,2-9,13H2,1H3. The molecule has 0 spiro atoms. The Kier molecular flexibility index (Phi) is 4.00. The number of hydrogen-bond donors (Lipinski definition) is 2. The maximum absolute atomic E-state index is 5.91. The largest absolute Gasteiger partial charge is 0.328 e. The van der Waals surface area contributed by atoms with Crippen molar-refractivity contribution in [3.05, 3.63) is 0 Å². The van der Waals surface area contributed by atoms with Gasteiger partial charge in [-0.3, -0.25) is 0 Å². The molecule has 0 aromatic heterocycles. The van der Waals surface area contributed by atoms with Gasteiger partial charge >= 0.3 is 0 Å². The molecule has 1 saturated carbocycles. The molecule has 3 nitrogen and oxygen atoms in total. The second kappa shape index (κ2) is 5.28.